The number of methoxy groups -OCH3 is 1. The maximum atomic E-state index is 13.8. The second-order valence-corrected chi connectivity index (χ2v) is 4.56. The molecule has 2 aromatic carbocycles. The van der Waals surface area contributed by atoms with Crippen molar-refractivity contribution in [1.29, 1.82) is 0 Å². The third-order valence-electron chi connectivity index (χ3n) is 2.97. The fraction of sp³-hybridized carbons (Fsp3) is 0.0667. The predicted molar refractivity (Wildman–Crippen MR) is 76.5 cm³/mol. The summed E-state index contributed by atoms with van der Waals surface area (Å²) in [5.74, 6) is 0.559. The molecule has 20 heavy (non-hydrogen) atoms. The Labute approximate surface area is 120 Å². The summed E-state index contributed by atoms with van der Waals surface area (Å²) in [6.45, 7) is 0. The van der Waals surface area contributed by atoms with Crippen molar-refractivity contribution < 1.29 is 9.13 Å². The topological polar surface area (TPSA) is 35.0 Å². The predicted octanol–water partition coefficient (Wildman–Crippen LogP) is 4.10. The van der Waals surface area contributed by atoms with Crippen LogP contribution in [-0.4, -0.2) is 17.1 Å². The number of hydrogen-bond donors (Lipinski definition) is 0. The lowest BCUT2D eigenvalue weighted by atomic mass is 10.2. The van der Waals surface area contributed by atoms with E-state index in [0.717, 1.165) is 0 Å². The van der Waals surface area contributed by atoms with Crippen molar-refractivity contribution in [2.45, 2.75) is 0 Å². The van der Waals surface area contributed by atoms with Crippen LogP contribution in [0.15, 0.2) is 42.5 Å². The second-order valence-electron chi connectivity index (χ2n) is 4.20. The average Bonchev–Trinajstić information content (AvgIpc) is 2.47. The summed E-state index contributed by atoms with van der Waals surface area (Å²) in [5.41, 5.74) is 0.969. The maximum absolute atomic E-state index is 13.8. The van der Waals surface area contributed by atoms with Crippen molar-refractivity contribution in [2.24, 2.45) is 0 Å². The first-order chi connectivity index (χ1) is 9.69. The van der Waals surface area contributed by atoms with Gasteiger partial charge in [0.15, 0.2) is 5.82 Å². The molecule has 0 radical (unpaired) electrons. The van der Waals surface area contributed by atoms with Crippen LogP contribution in [0, 0.1) is 5.82 Å². The van der Waals surface area contributed by atoms with E-state index in [9.17, 15) is 4.39 Å². The molecule has 0 saturated carbocycles. The van der Waals surface area contributed by atoms with Gasteiger partial charge in [0, 0.05) is 5.39 Å². The highest BCUT2D eigenvalue weighted by Crippen LogP contribution is 2.28. The number of fused-ring (bicyclic) bond motifs is 1. The molecule has 5 heteroatoms. The van der Waals surface area contributed by atoms with Crippen molar-refractivity contribution in [1.82, 2.24) is 9.97 Å². The van der Waals surface area contributed by atoms with Gasteiger partial charge in [0.25, 0.3) is 0 Å². The van der Waals surface area contributed by atoms with Gasteiger partial charge in [0.1, 0.15) is 16.7 Å². The van der Waals surface area contributed by atoms with Gasteiger partial charge >= 0.3 is 0 Å². The van der Waals surface area contributed by atoms with Crippen LogP contribution in [0.5, 0.6) is 5.75 Å². The van der Waals surface area contributed by atoms with Crippen molar-refractivity contribution in [3.05, 3.63) is 53.4 Å². The van der Waals surface area contributed by atoms with Crippen molar-refractivity contribution in [3.63, 3.8) is 0 Å². The zero-order chi connectivity index (χ0) is 14.1. The van der Waals surface area contributed by atoms with Gasteiger partial charge in [0.2, 0.25) is 0 Å². The number of benzene rings is 2. The van der Waals surface area contributed by atoms with Gasteiger partial charge in [0.05, 0.1) is 18.2 Å². The second kappa shape index (κ2) is 5.06. The minimum Gasteiger partial charge on any atom is -0.497 e. The van der Waals surface area contributed by atoms with Gasteiger partial charge in [-0.2, -0.15) is 0 Å². The van der Waals surface area contributed by atoms with Gasteiger partial charge in [-0.05, 0) is 30.3 Å². The molecule has 0 aliphatic carbocycles. The number of rotatable bonds is 2. The Hall–Kier alpha value is -2.20. The summed E-state index contributed by atoms with van der Waals surface area (Å²) >= 11 is 6.16. The number of halogens is 2. The molecule has 0 aliphatic heterocycles. The van der Waals surface area contributed by atoms with Crippen LogP contribution in [0.4, 0.5) is 4.39 Å². The molecule has 3 nitrogen and oxygen atoms in total. The highest BCUT2D eigenvalue weighted by Gasteiger charge is 2.11. The summed E-state index contributed by atoms with van der Waals surface area (Å²) in [6.07, 6.45) is 0. The molecule has 0 saturated heterocycles. The lowest BCUT2D eigenvalue weighted by Gasteiger charge is -2.07. The minimum atomic E-state index is -0.378. The Morgan fingerprint density at radius 1 is 1.10 bits per heavy atom. The van der Waals surface area contributed by atoms with Crippen LogP contribution in [0.1, 0.15) is 0 Å². The van der Waals surface area contributed by atoms with Crippen LogP contribution < -0.4 is 4.74 Å². The van der Waals surface area contributed by atoms with Crippen molar-refractivity contribution in [2.75, 3.05) is 7.11 Å². The van der Waals surface area contributed by atoms with E-state index in [1.165, 1.54) is 6.07 Å². The highest BCUT2D eigenvalue weighted by atomic mass is 35.5. The van der Waals surface area contributed by atoms with Crippen LogP contribution >= 0.6 is 11.6 Å². The number of ether oxygens (including phenoxy) is 1. The normalized spacial score (nSPS) is 10.8. The molecule has 0 atom stereocenters. The summed E-state index contributed by atoms with van der Waals surface area (Å²) in [4.78, 5) is 8.52. The van der Waals surface area contributed by atoms with Crippen LogP contribution in [0.2, 0.25) is 5.15 Å². The molecule has 0 aliphatic rings. The summed E-state index contributed by atoms with van der Waals surface area (Å²) < 4.78 is 18.9. The first kappa shape index (κ1) is 12.8. The van der Waals surface area contributed by atoms with Gasteiger partial charge < -0.3 is 4.74 Å². The number of hydrogen-bond acceptors (Lipinski definition) is 3. The number of aromatic nitrogens is 2. The Morgan fingerprint density at radius 2 is 1.90 bits per heavy atom. The largest absolute Gasteiger partial charge is 0.497 e. The van der Waals surface area contributed by atoms with E-state index >= 15 is 0 Å². The maximum Gasteiger partial charge on any atom is 0.164 e. The molecular formula is C15H10ClFN2O. The van der Waals surface area contributed by atoms with E-state index in [4.69, 9.17) is 16.3 Å². The molecule has 0 fully saturated rings. The van der Waals surface area contributed by atoms with Gasteiger partial charge in [-0.1, -0.05) is 23.7 Å². The van der Waals surface area contributed by atoms with Gasteiger partial charge in [-0.25, -0.2) is 14.4 Å². The molecule has 0 amide bonds. The van der Waals surface area contributed by atoms with Crippen molar-refractivity contribution >= 4 is 22.5 Å². The van der Waals surface area contributed by atoms with E-state index in [0.29, 0.717) is 22.2 Å². The lowest BCUT2D eigenvalue weighted by molar-refractivity contribution is 0.415. The van der Waals surface area contributed by atoms with E-state index < -0.39 is 0 Å². The Balaban J connectivity index is 2.23. The third-order valence-corrected chi connectivity index (χ3v) is 3.26. The highest BCUT2D eigenvalue weighted by molar-refractivity contribution is 6.34. The monoisotopic (exact) mass is 288 g/mol. The molecule has 0 bridgehead atoms. The lowest BCUT2D eigenvalue weighted by Crippen LogP contribution is -1.94. The minimum absolute atomic E-state index is 0.269. The molecular weight excluding hydrogens is 279 g/mol. The standard InChI is InChI=1S/C15H10ClFN2O/c1-20-9-6-7-13-11(8-9)14(16)19-15(18-13)10-4-2-3-5-12(10)17/h2-8H,1H3. The molecule has 3 rings (SSSR count). The molecule has 1 heterocycles. The Bertz CT molecular complexity index is 792. The molecule has 0 unspecified atom stereocenters. The third kappa shape index (κ3) is 2.18. The first-order valence-electron chi connectivity index (χ1n) is 5.95. The van der Waals surface area contributed by atoms with E-state index in [1.54, 1.807) is 43.5 Å². The summed E-state index contributed by atoms with van der Waals surface area (Å²) in [6, 6.07) is 11.6. The Kier molecular flexibility index (Phi) is 3.24. The smallest absolute Gasteiger partial charge is 0.164 e. The van der Waals surface area contributed by atoms with Crippen molar-refractivity contribution in [3.8, 4) is 17.1 Å². The average molecular weight is 289 g/mol. The van der Waals surface area contributed by atoms with E-state index in [-0.39, 0.29) is 16.8 Å². The van der Waals surface area contributed by atoms with Gasteiger partial charge in [-0.15, -0.1) is 0 Å². The van der Waals surface area contributed by atoms with Crippen LogP contribution in [0.25, 0.3) is 22.3 Å². The quantitative estimate of drug-likeness (QED) is 0.666. The fourth-order valence-electron chi connectivity index (χ4n) is 1.96. The zero-order valence-electron chi connectivity index (χ0n) is 10.6. The van der Waals surface area contributed by atoms with E-state index in [1.807, 2.05) is 0 Å². The number of nitrogens with zero attached hydrogens (tertiary/aromatic N) is 2. The molecule has 0 N–H and O–H groups in total. The molecule has 1 aromatic heterocycles. The summed E-state index contributed by atoms with van der Waals surface area (Å²) in [5, 5.41) is 0.943. The Morgan fingerprint density at radius 3 is 2.65 bits per heavy atom. The fourth-order valence-corrected chi connectivity index (χ4v) is 2.19. The van der Waals surface area contributed by atoms with E-state index in [2.05, 4.69) is 9.97 Å². The van der Waals surface area contributed by atoms with Gasteiger partial charge in [-0.3, -0.25) is 0 Å². The SMILES string of the molecule is COc1ccc2nc(-c3ccccc3F)nc(Cl)c2c1. The van der Waals surface area contributed by atoms with Crippen LogP contribution in [0.3, 0.4) is 0 Å². The zero-order valence-corrected chi connectivity index (χ0v) is 11.4. The summed E-state index contributed by atoms with van der Waals surface area (Å²) in [7, 11) is 1.57. The molecule has 0 spiro atoms. The first-order valence-corrected chi connectivity index (χ1v) is 6.33. The van der Waals surface area contributed by atoms with Crippen LogP contribution in [-0.2, 0) is 0 Å². The molecule has 100 valence electrons. The molecule has 3 aromatic rings.